The molecule has 0 aliphatic carbocycles. The molecule has 0 saturated carbocycles. The summed E-state index contributed by atoms with van der Waals surface area (Å²) in [5, 5.41) is 0.650. The van der Waals surface area contributed by atoms with Crippen LogP contribution in [0.15, 0.2) is 53.4 Å². The van der Waals surface area contributed by atoms with Crippen molar-refractivity contribution < 1.29 is 8.95 Å². The summed E-state index contributed by atoms with van der Waals surface area (Å²) >= 11 is 5.81. The third-order valence-electron chi connectivity index (χ3n) is 3.00. The molecule has 3 nitrogen and oxygen atoms in total. The minimum Gasteiger partial charge on any atom is -0.493 e. The van der Waals surface area contributed by atoms with E-state index in [9.17, 15) is 4.21 Å². The Morgan fingerprint density at radius 1 is 1.10 bits per heavy atom. The Hall–Kier alpha value is -1.36. The van der Waals surface area contributed by atoms with E-state index < -0.39 is 10.8 Å². The molecule has 2 aromatic carbocycles. The Balaban J connectivity index is 1.79. The molecule has 0 radical (unpaired) electrons. The molecule has 0 amide bonds. The minimum absolute atomic E-state index is 0.451. The summed E-state index contributed by atoms with van der Waals surface area (Å²) in [5.41, 5.74) is 6.63. The maximum Gasteiger partial charge on any atom is 0.123 e. The lowest BCUT2D eigenvalue weighted by molar-refractivity contribution is 0.315. The smallest absolute Gasteiger partial charge is 0.123 e. The molecule has 0 bridgehead atoms. The molecule has 2 aromatic rings. The average Bonchev–Trinajstić information content (AvgIpc) is 2.52. The van der Waals surface area contributed by atoms with Gasteiger partial charge in [0.25, 0.3) is 0 Å². The standard InChI is InChI=1S/C16H18ClNO2S/c17-14-6-8-15(9-7-14)21(19)11-3-10-20-16-5-2-1-4-13(16)12-18/h1-2,4-9H,3,10-12,18H2. The van der Waals surface area contributed by atoms with Gasteiger partial charge in [0.05, 0.1) is 17.4 Å². The number of benzene rings is 2. The Morgan fingerprint density at radius 2 is 1.81 bits per heavy atom. The molecule has 1 atom stereocenters. The highest BCUT2D eigenvalue weighted by Crippen LogP contribution is 2.17. The summed E-state index contributed by atoms with van der Waals surface area (Å²) in [6.07, 6.45) is 0.716. The molecule has 112 valence electrons. The zero-order chi connectivity index (χ0) is 15.1. The Bertz CT molecular complexity index is 601. The van der Waals surface area contributed by atoms with Crippen LogP contribution in [0.1, 0.15) is 12.0 Å². The number of rotatable bonds is 7. The third kappa shape index (κ3) is 4.84. The van der Waals surface area contributed by atoms with Crippen molar-refractivity contribution in [3.8, 4) is 5.75 Å². The second-order valence-corrected chi connectivity index (χ2v) is 6.52. The van der Waals surface area contributed by atoms with E-state index in [0.29, 0.717) is 30.3 Å². The first kappa shape index (κ1) is 16.0. The number of hydrogen-bond acceptors (Lipinski definition) is 3. The van der Waals surface area contributed by atoms with Crippen LogP contribution in [0.5, 0.6) is 5.75 Å². The zero-order valence-corrected chi connectivity index (χ0v) is 13.2. The largest absolute Gasteiger partial charge is 0.493 e. The number of hydrogen-bond donors (Lipinski definition) is 1. The van der Waals surface area contributed by atoms with Crippen LogP contribution in [0.4, 0.5) is 0 Å². The zero-order valence-electron chi connectivity index (χ0n) is 11.6. The van der Waals surface area contributed by atoms with Gasteiger partial charge < -0.3 is 10.5 Å². The van der Waals surface area contributed by atoms with Gasteiger partial charge in [-0.25, -0.2) is 0 Å². The minimum atomic E-state index is -1.02. The highest BCUT2D eigenvalue weighted by Gasteiger charge is 2.05. The molecule has 0 spiro atoms. The van der Waals surface area contributed by atoms with Gasteiger partial charge in [0, 0.05) is 27.8 Å². The molecule has 0 aromatic heterocycles. The highest BCUT2D eigenvalue weighted by atomic mass is 35.5. The molecule has 1 unspecified atom stereocenters. The predicted molar refractivity (Wildman–Crippen MR) is 87.2 cm³/mol. The topological polar surface area (TPSA) is 52.3 Å². The Morgan fingerprint density at radius 3 is 2.52 bits per heavy atom. The first-order valence-electron chi connectivity index (χ1n) is 6.75. The van der Waals surface area contributed by atoms with Gasteiger partial charge in [0.2, 0.25) is 0 Å². The van der Waals surface area contributed by atoms with E-state index in [1.165, 1.54) is 0 Å². The molecule has 2 N–H and O–H groups in total. The van der Waals surface area contributed by atoms with Crippen molar-refractivity contribution >= 4 is 22.4 Å². The fourth-order valence-corrected chi connectivity index (χ4v) is 3.07. The molecule has 21 heavy (non-hydrogen) atoms. The van der Waals surface area contributed by atoms with Gasteiger partial charge in [-0.1, -0.05) is 29.8 Å². The first-order chi connectivity index (χ1) is 10.2. The molecular weight excluding hydrogens is 306 g/mol. The summed E-state index contributed by atoms with van der Waals surface area (Å²) in [4.78, 5) is 0.793. The summed E-state index contributed by atoms with van der Waals surface area (Å²) < 4.78 is 17.8. The summed E-state index contributed by atoms with van der Waals surface area (Å²) in [6, 6.07) is 14.8. The fourth-order valence-electron chi connectivity index (χ4n) is 1.89. The van der Waals surface area contributed by atoms with E-state index in [1.54, 1.807) is 24.3 Å². The maximum absolute atomic E-state index is 12.1. The van der Waals surface area contributed by atoms with Crippen LogP contribution < -0.4 is 10.5 Å². The lowest BCUT2D eigenvalue weighted by Gasteiger charge is -2.10. The quantitative estimate of drug-likeness (QED) is 0.795. The van der Waals surface area contributed by atoms with Gasteiger partial charge in [-0.05, 0) is 36.8 Å². The van der Waals surface area contributed by atoms with Crippen LogP contribution in [0.2, 0.25) is 5.02 Å². The van der Waals surface area contributed by atoms with Crippen molar-refractivity contribution in [1.29, 1.82) is 0 Å². The molecule has 0 aliphatic rings. The number of nitrogens with two attached hydrogens (primary N) is 1. The summed E-state index contributed by atoms with van der Waals surface area (Å²) in [6.45, 7) is 0.975. The van der Waals surface area contributed by atoms with Gasteiger partial charge in [0.1, 0.15) is 5.75 Å². The lowest BCUT2D eigenvalue weighted by Crippen LogP contribution is -2.07. The number of halogens is 1. The van der Waals surface area contributed by atoms with Gasteiger partial charge in [-0.3, -0.25) is 4.21 Å². The molecule has 0 heterocycles. The Labute approximate surface area is 132 Å². The lowest BCUT2D eigenvalue weighted by atomic mass is 10.2. The van der Waals surface area contributed by atoms with Crippen molar-refractivity contribution in [3.05, 3.63) is 59.1 Å². The molecular formula is C16H18ClNO2S. The molecule has 0 saturated heterocycles. The SMILES string of the molecule is NCc1ccccc1OCCCS(=O)c1ccc(Cl)cc1. The fraction of sp³-hybridized carbons (Fsp3) is 0.250. The van der Waals surface area contributed by atoms with Gasteiger partial charge >= 0.3 is 0 Å². The van der Waals surface area contributed by atoms with Crippen LogP contribution in [-0.2, 0) is 17.3 Å². The van der Waals surface area contributed by atoms with E-state index in [0.717, 1.165) is 16.2 Å². The van der Waals surface area contributed by atoms with Gasteiger partial charge in [-0.15, -0.1) is 0 Å². The number of ether oxygens (including phenoxy) is 1. The van der Waals surface area contributed by atoms with Crippen molar-refractivity contribution in [1.82, 2.24) is 0 Å². The van der Waals surface area contributed by atoms with Crippen LogP contribution in [0, 0.1) is 0 Å². The van der Waals surface area contributed by atoms with E-state index in [1.807, 2.05) is 24.3 Å². The average molecular weight is 324 g/mol. The number of para-hydroxylation sites is 1. The predicted octanol–water partition coefficient (Wildman–Crippen LogP) is 3.38. The Kier molecular flexibility index (Phi) is 6.23. The third-order valence-corrected chi connectivity index (χ3v) is 4.71. The van der Waals surface area contributed by atoms with E-state index in [-0.39, 0.29) is 0 Å². The van der Waals surface area contributed by atoms with Crippen molar-refractivity contribution in [2.24, 2.45) is 5.73 Å². The van der Waals surface area contributed by atoms with Crippen LogP contribution in [-0.4, -0.2) is 16.6 Å². The van der Waals surface area contributed by atoms with Gasteiger partial charge in [0.15, 0.2) is 0 Å². The molecule has 2 rings (SSSR count). The van der Waals surface area contributed by atoms with Gasteiger partial charge in [-0.2, -0.15) is 0 Å². The summed E-state index contributed by atoms with van der Waals surface area (Å²) in [7, 11) is -1.02. The highest BCUT2D eigenvalue weighted by molar-refractivity contribution is 7.85. The van der Waals surface area contributed by atoms with Crippen molar-refractivity contribution in [3.63, 3.8) is 0 Å². The van der Waals surface area contributed by atoms with Crippen molar-refractivity contribution in [2.45, 2.75) is 17.9 Å². The maximum atomic E-state index is 12.1. The molecule has 0 fully saturated rings. The molecule has 5 heteroatoms. The van der Waals surface area contributed by atoms with Crippen LogP contribution in [0.3, 0.4) is 0 Å². The second-order valence-electron chi connectivity index (χ2n) is 4.52. The first-order valence-corrected chi connectivity index (χ1v) is 8.45. The normalized spacial score (nSPS) is 12.1. The van der Waals surface area contributed by atoms with Crippen molar-refractivity contribution in [2.75, 3.05) is 12.4 Å². The second kappa shape index (κ2) is 8.17. The molecule has 0 aliphatic heterocycles. The monoisotopic (exact) mass is 323 g/mol. The van der Waals surface area contributed by atoms with E-state index in [4.69, 9.17) is 22.1 Å². The van der Waals surface area contributed by atoms with Crippen LogP contribution in [0.25, 0.3) is 0 Å². The summed E-state index contributed by atoms with van der Waals surface area (Å²) in [5.74, 6) is 1.36. The van der Waals surface area contributed by atoms with E-state index >= 15 is 0 Å². The van der Waals surface area contributed by atoms with E-state index in [2.05, 4.69) is 0 Å². The van der Waals surface area contributed by atoms with Crippen LogP contribution >= 0.6 is 11.6 Å².